The summed E-state index contributed by atoms with van der Waals surface area (Å²) >= 11 is 0. The molecule has 1 saturated heterocycles. The van der Waals surface area contributed by atoms with Crippen molar-refractivity contribution in [1.82, 2.24) is 4.90 Å². The van der Waals surface area contributed by atoms with Crippen LogP contribution in [-0.2, 0) is 4.74 Å². The van der Waals surface area contributed by atoms with Crippen molar-refractivity contribution in [3.05, 3.63) is 0 Å². The molecule has 2 nitrogen and oxygen atoms in total. The van der Waals surface area contributed by atoms with Gasteiger partial charge in [0, 0.05) is 19.1 Å². The van der Waals surface area contributed by atoms with Gasteiger partial charge in [0.05, 0.1) is 12.7 Å². The van der Waals surface area contributed by atoms with Crippen LogP contribution in [0.15, 0.2) is 0 Å². The molecular formula is C9H17NO. The molecule has 0 spiro atoms. The summed E-state index contributed by atoms with van der Waals surface area (Å²) in [4.78, 5) is 2.59. The lowest BCUT2D eigenvalue weighted by Crippen LogP contribution is -2.43. The van der Waals surface area contributed by atoms with Gasteiger partial charge in [-0.05, 0) is 19.3 Å². The Morgan fingerprint density at radius 3 is 2.91 bits per heavy atom. The van der Waals surface area contributed by atoms with E-state index in [0.29, 0.717) is 6.10 Å². The Labute approximate surface area is 68.5 Å². The molecule has 1 saturated carbocycles. The first-order valence-electron chi connectivity index (χ1n) is 4.76. The number of morpholine rings is 1. The summed E-state index contributed by atoms with van der Waals surface area (Å²) in [7, 11) is 0. The molecule has 0 bridgehead atoms. The maximum absolute atomic E-state index is 5.59. The fourth-order valence-electron chi connectivity index (χ4n) is 1.76. The Kier molecular flexibility index (Phi) is 2.14. The second kappa shape index (κ2) is 3.11. The number of hydrogen-bond acceptors (Lipinski definition) is 2. The van der Waals surface area contributed by atoms with E-state index in [9.17, 15) is 0 Å². The molecule has 0 aromatic rings. The number of hydrogen-bond donors (Lipinski definition) is 0. The Bertz CT molecular complexity index is 134. The first-order chi connectivity index (χ1) is 5.40. The largest absolute Gasteiger partial charge is 0.376 e. The third kappa shape index (κ3) is 1.74. The van der Waals surface area contributed by atoms with Gasteiger partial charge in [0.1, 0.15) is 0 Å². The second-order valence-electron chi connectivity index (χ2n) is 3.63. The van der Waals surface area contributed by atoms with Gasteiger partial charge in [-0.2, -0.15) is 0 Å². The Morgan fingerprint density at radius 1 is 1.45 bits per heavy atom. The molecule has 2 aliphatic rings. The molecule has 1 atom stereocenters. The van der Waals surface area contributed by atoms with Crippen LogP contribution in [0.25, 0.3) is 0 Å². The summed E-state index contributed by atoms with van der Waals surface area (Å²) in [5.74, 6) is 0. The molecular weight excluding hydrogens is 138 g/mol. The molecule has 0 aromatic carbocycles. The Balaban J connectivity index is 1.82. The summed E-state index contributed by atoms with van der Waals surface area (Å²) in [6, 6.07) is 0.924. The van der Waals surface area contributed by atoms with E-state index in [2.05, 4.69) is 11.8 Å². The number of rotatable bonds is 2. The van der Waals surface area contributed by atoms with Crippen LogP contribution in [0, 0.1) is 0 Å². The molecule has 1 aliphatic carbocycles. The topological polar surface area (TPSA) is 12.5 Å². The quantitative estimate of drug-likeness (QED) is 0.595. The van der Waals surface area contributed by atoms with E-state index in [1.54, 1.807) is 0 Å². The van der Waals surface area contributed by atoms with Gasteiger partial charge in [-0.25, -0.2) is 0 Å². The van der Waals surface area contributed by atoms with E-state index in [0.717, 1.165) is 12.6 Å². The third-order valence-corrected chi connectivity index (χ3v) is 2.69. The molecule has 11 heavy (non-hydrogen) atoms. The Hall–Kier alpha value is -0.0800. The van der Waals surface area contributed by atoms with E-state index < -0.39 is 0 Å². The fraction of sp³-hybridized carbons (Fsp3) is 1.00. The third-order valence-electron chi connectivity index (χ3n) is 2.69. The van der Waals surface area contributed by atoms with Crippen molar-refractivity contribution in [2.45, 2.75) is 38.3 Å². The van der Waals surface area contributed by atoms with Crippen LogP contribution >= 0.6 is 0 Å². The normalized spacial score (nSPS) is 34.1. The van der Waals surface area contributed by atoms with Gasteiger partial charge in [-0.15, -0.1) is 0 Å². The lowest BCUT2D eigenvalue weighted by atomic mass is 10.2. The highest BCUT2D eigenvalue weighted by Gasteiger charge is 2.32. The highest BCUT2D eigenvalue weighted by molar-refractivity contribution is 4.87. The molecule has 2 rings (SSSR count). The second-order valence-corrected chi connectivity index (χ2v) is 3.63. The van der Waals surface area contributed by atoms with Crippen molar-refractivity contribution in [3.8, 4) is 0 Å². The zero-order chi connectivity index (χ0) is 7.68. The summed E-state index contributed by atoms with van der Waals surface area (Å²) in [6.07, 6.45) is 4.54. The maximum atomic E-state index is 5.59. The molecule has 2 fully saturated rings. The van der Waals surface area contributed by atoms with Crippen molar-refractivity contribution in [1.29, 1.82) is 0 Å². The monoisotopic (exact) mass is 155 g/mol. The van der Waals surface area contributed by atoms with Crippen LogP contribution in [0.5, 0.6) is 0 Å². The first-order valence-corrected chi connectivity index (χ1v) is 4.76. The Morgan fingerprint density at radius 2 is 2.27 bits per heavy atom. The summed E-state index contributed by atoms with van der Waals surface area (Å²) in [5, 5.41) is 0. The summed E-state index contributed by atoms with van der Waals surface area (Å²) < 4.78 is 5.59. The molecule has 1 heterocycles. The van der Waals surface area contributed by atoms with E-state index in [-0.39, 0.29) is 0 Å². The molecule has 2 heteroatoms. The lowest BCUT2D eigenvalue weighted by Gasteiger charge is -2.32. The minimum absolute atomic E-state index is 0.518. The van der Waals surface area contributed by atoms with Gasteiger partial charge < -0.3 is 4.74 Å². The predicted octanol–water partition coefficient (Wildman–Crippen LogP) is 1.26. The smallest absolute Gasteiger partial charge is 0.0700 e. The average Bonchev–Trinajstić information content (AvgIpc) is 2.87. The zero-order valence-corrected chi connectivity index (χ0v) is 7.25. The van der Waals surface area contributed by atoms with Crippen molar-refractivity contribution >= 4 is 0 Å². The number of ether oxygens (including phenoxy) is 1. The van der Waals surface area contributed by atoms with Crippen LogP contribution in [0.3, 0.4) is 0 Å². The van der Waals surface area contributed by atoms with Crippen molar-refractivity contribution in [2.75, 3.05) is 19.7 Å². The minimum atomic E-state index is 0.518. The summed E-state index contributed by atoms with van der Waals surface area (Å²) in [6.45, 7) is 5.51. The van der Waals surface area contributed by atoms with Crippen molar-refractivity contribution in [2.24, 2.45) is 0 Å². The van der Waals surface area contributed by atoms with E-state index >= 15 is 0 Å². The van der Waals surface area contributed by atoms with Gasteiger partial charge in [0.15, 0.2) is 0 Å². The van der Waals surface area contributed by atoms with Gasteiger partial charge in [-0.1, -0.05) is 6.92 Å². The molecule has 1 aliphatic heterocycles. The average molecular weight is 155 g/mol. The predicted molar refractivity (Wildman–Crippen MR) is 44.6 cm³/mol. The highest BCUT2D eigenvalue weighted by atomic mass is 16.5. The van der Waals surface area contributed by atoms with Crippen LogP contribution < -0.4 is 0 Å². The number of nitrogens with zero attached hydrogens (tertiary/aromatic N) is 1. The minimum Gasteiger partial charge on any atom is -0.376 e. The molecule has 0 radical (unpaired) electrons. The van der Waals surface area contributed by atoms with E-state index in [1.807, 2.05) is 0 Å². The lowest BCUT2D eigenvalue weighted by molar-refractivity contribution is -0.0325. The van der Waals surface area contributed by atoms with E-state index in [4.69, 9.17) is 4.74 Å². The van der Waals surface area contributed by atoms with Crippen LogP contribution in [-0.4, -0.2) is 36.7 Å². The maximum Gasteiger partial charge on any atom is 0.0700 e. The standard InChI is InChI=1S/C9H17NO/c1-2-9-7-10(5-6-11-9)8-3-4-8/h8-9H,2-7H2,1H3/t9-/m0/s1. The fourth-order valence-corrected chi connectivity index (χ4v) is 1.76. The van der Waals surface area contributed by atoms with Gasteiger partial charge in [-0.3, -0.25) is 4.90 Å². The SMILES string of the molecule is CC[C@H]1CN(C2CC2)CCO1. The molecule has 0 unspecified atom stereocenters. The van der Waals surface area contributed by atoms with Gasteiger partial charge in [0.2, 0.25) is 0 Å². The van der Waals surface area contributed by atoms with Crippen molar-refractivity contribution in [3.63, 3.8) is 0 Å². The summed E-state index contributed by atoms with van der Waals surface area (Å²) in [5.41, 5.74) is 0. The van der Waals surface area contributed by atoms with Crippen molar-refractivity contribution < 1.29 is 4.74 Å². The van der Waals surface area contributed by atoms with Crippen LogP contribution in [0.2, 0.25) is 0 Å². The molecule has 0 N–H and O–H groups in total. The zero-order valence-electron chi connectivity index (χ0n) is 7.25. The molecule has 0 aromatic heterocycles. The highest BCUT2D eigenvalue weighted by Crippen LogP contribution is 2.28. The first kappa shape index (κ1) is 7.56. The van der Waals surface area contributed by atoms with Crippen LogP contribution in [0.4, 0.5) is 0 Å². The molecule has 64 valence electrons. The molecule has 0 amide bonds. The van der Waals surface area contributed by atoms with Gasteiger partial charge in [0.25, 0.3) is 0 Å². The van der Waals surface area contributed by atoms with Gasteiger partial charge >= 0.3 is 0 Å². The van der Waals surface area contributed by atoms with Crippen LogP contribution in [0.1, 0.15) is 26.2 Å². The van der Waals surface area contributed by atoms with E-state index in [1.165, 1.54) is 32.4 Å².